The van der Waals surface area contributed by atoms with Crippen molar-refractivity contribution in [1.29, 1.82) is 0 Å². The van der Waals surface area contributed by atoms with Crippen molar-refractivity contribution >= 4 is 17.5 Å². The van der Waals surface area contributed by atoms with Crippen LogP contribution in [0.25, 0.3) is 5.57 Å². The van der Waals surface area contributed by atoms with Gasteiger partial charge in [-0.3, -0.25) is 0 Å². The van der Waals surface area contributed by atoms with Crippen LogP contribution in [0.4, 0.5) is 0 Å². The number of methoxy groups -OCH3 is 1. The summed E-state index contributed by atoms with van der Waals surface area (Å²) in [6, 6.07) is 5.21. The SMILES string of the molecule is CCC(=C(C(=O)O)C(=O)O)c1ccc(OC)cc1CC. The van der Waals surface area contributed by atoms with Crippen molar-refractivity contribution < 1.29 is 24.5 Å². The zero-order chi connectivity index (χ0) is 15.3. The van der Waals surface area contributed by atoms with Crippen molar-refractivity contribution in [2.45, 2.75) is 26.7 Å². The van der Waals surface area contributed by atoms with Gasteiger partial charge < -0.3 is 14.9 Å². The second-order valence-corrected chi connectivity index (χ2v) is 4.19. The molecule has 0 bridgehead atoms. The lowest BCUT2D eigenvalue weighted by Crippen LogP contribution is -2.14. The maximum atomic E-state index is 11.2. The molecule has 0 unspecified atom stereocenters. The van der Waals surface area contributed by atoms with Gasteiger partial charge in [-0.15, -0.1) is 0 Å². The predicted molar refractivity (Wildman–Crippen MR) is 74.9 cm³/mol. The van der Waals surface area contributed by atoms with Gasteiger partial charge in [0.05, 0.1) is 7.11 Å². The highest BCUT2D eigenvalue weighted by Gasteiger charge is 2.23. The van der Waals surface area contributed by atoms with E-state index in [1.807, 2.05) is 6.92 Å². The third-order valence-electron chi connectivity index (χ3n) is 3.10. The second-order valence-electron chi connectivity index (χ2n) is 4.19. The molecule has 2 N–H and O–H groups in total. The minimum absolute atomic E-state index is 0.324. The molecule has 0 aromatic heterocycles. The van der Waals surface area contributed by atoms with Gasteiger partial charge in [-0.05, 0) is 41.7 Å². The molecule has 1 rings (SSSR count). The molecular formula is C15H18O5. The Morgan fingerprint density at radius 3 is 2.15 bits per heavy atom. The van der Waals surface area contributed by atoms with Gasteiger partial charge in [0.2, 0.25) is 0 Å². The summed E-state index contributed by atoms with van der Waals surface area (Å²) in [6.07, 6.45) is 0.982. The fourth-order valence-corrected chi connectivity index (χ4v) is 2.14. The normalized spacial score (nSPS) is 9.95. The molecule has 0 aliphatic heterocycles. The quantitative estimate of drug-likeness (QED) is 0.474. The summed E-state index contributed by atoms with van der Waals surface area (Å²) in [7, 11) is 1.55. The number of benzene rings is 1. The van der Waals surface area contributed by atoms with Crippen LogP contribution in [0.1, 0.15) is 31.4 Å². The van der Waals surface area contributed by atoms with Crippen molar-refractivity contribution in [2.75, 3.05) is 7.11 Å². The molecule has 1 aromatic carbocycles. The number of ether oxygens (including phenoxy) is 1. The topological polar surface area (TPSA) is 83.8 Å². The van der Waals surface area contributed by atoms with Gasteiger partial charge in [-0.2, -0.15) is 0 Å². The molecule has 0 saturated heterocycles. The lowest BCUT2D eigenvalue weighted by molar-refractivity contribution is -0.140. The van der Waals surface area contributed by atoms with Gasteiger partial charge in [0.1, 0.15) is 11.3 Å². The number of aliphatic carboxylic acids is 2. The van der Waals surface area contributed by atoms with Crippen LogP contribution in [0.3, 0.4) is 0 Å². The first-order valence-electron chi connectivity index (χ1n) is 6.33. The smallest absolute Gasteiger partial charge is 0.343 e. The maximum Gasteiger partial charge on any atom is 0.343 e. The third kappa shape index (κ3) is 3.17. The highest BCUT2D eigenvalue weighted by molar-refractivity contribution is 6.18. The number of rotatable bonds is 6. The lowest BCUT2D eigenvalue weighted by atomic mass is 9.92. The van der Waals surface area contributed by atoms with Crippen molar-refractivity contribution in [3.63, 3.8) is 0 Å². The van der Waals surface area contributed by atoms with E-state index in [2.05, 4.69) is 0 Å². The van der Waals surface area contributed by atoms with Crippen LogP contribution in [0.5, 0.6) is 5.75 Å². The molecular weight excluding hydrogens is 260 g/mol. The van der Waals surface area contributed by atoms with Crippen LogP contribution >= 0.6 is 0 Å². The Labute approximate surface area is 117 Å². The Hall–Kier alpha value is -2.30. The van der Waals surface area contributed by atoms with Crippen molar-refractivity contribution in [2.24, 2.45) is 0 Å². The van der Waals surface area contributed by atoms with Gasteiger partial charge in [0, 0.05) is 0 Å². The Balaban J connectivity index is 3.56. The first-order chi connectivity index (χ1) is 9.46. The van der Waals surface area contributed by atoms with Crippen LogP contribution in [-0.4, -0.2) is 29.3 Å². The number of hydrogen-bond donors (Lipinski definition) is 2. The van der Waals surface area contributed by atoms with Gasteiger partial charge in [0.15, 0.2) is 0 Å². The van der Waals surface area contributed by atoms with E-state index in [0.717, 1.165) is 5.56 Å². The summed E-state index contributed by atoms with van der Waals surface area (Å²) >= 11 is 0. The van der Waals surface area contributed by atoms with E-state index >= 15 is 0 Å². The molecule has 0 heterocycles. The molecule has 0 amide bonds. The standard InChI is InChI=1S/C15H18O5/c1-4-9-8-10(20-3)6-7-12(9)11(5-2)13(14(16)17)15(18)19/h6-8H,4-5H2,1-3H3,(H,16,17)(H,18,19). The van der Waals surface area contributed by atoms with Crippen LogP contribution in [0.15, 0.2) is 23.8 Å². The molecule has 0 spiro atoms. The fraction of sp³-hybridized carbons (Fsp3) is 0.333. The van der Waals surface area contributed by atoms with E-state index in [9.17, 15) is 9.59 Å². The Kier molecular flexibility index (Phi) is 5.32. The largest absolute Gasteiger partial charge is 0.497 e. The Morgan fingerprint density at radius 1 is 1.15 bits per heavy atom. The molecule has 0 radical (unpaired) electrons. The van der Waals surface area contributed by atoms with E-state index in [1.54, 1.807) is 32.2 Å². The number of hydrogen-bond acceptors (Lipinski definition) is 3. The summed E-state index contributed by atoms with van der Waals surface area (Å²) < 4.78 is 5.13. The minimum atomic E-state index is -1.42. The number of aryl methyl sites for hydroxylation is 1. The van der Waals surface area contributed by atoms with Crippen LogP contribution < -0.4 is 4.74 Å². The van der Waals surface area contributed by atoms with Gasteiger partial charge in [-0.1, -0.05) is 19.9 Å². The lowest BCUT2D eigenvalue weighted by Gasteiger charge is -2.14. The third-order valence-corrected chi connectivity index (χ3v) is 3.10. The van der Waals surface area contributed by atoms with E-state index in [1.165, 1.54) is 0 Å². The van der Waals surface area contributed by atoms with Crippen molar-refractivity contribution in [1.82, 2.24) is 0 Å². The highest BCUT2D eigenvalue weighted by atomic mass is 16.5. The van der Waals surface area contributed by atoms with E-state index in [-0.39, 0.29) is 0 Å². The molecule has 0 aliphatic carbocycles. The first-order valence-corrected chi connectivity index (χ1v) is 6.33. The van der Waals surface area contributed by atoms with Gasteiger partial charge in [-0.25, -0.2) is 9.59 Å². The maximum absolute atomic E-state index is 11.2. The summed E-state index contributed by atoms with van der Waals surface area (Å²) in [5.41, 5.74) is 1.26. The van der Waals surface area contributed by atoms with E-state index in [4.69, 9.17) is 14.9 Å². The molecule has 5 nitrogen and oxygen atoms in total. The molecule has 0 saturated carbocycles. The van der Waals surface area contributed by atoms with Crippen LogP contribution in [0, 0.1) is 0 Å². The van der Waals surface area contributed by atoms with Gasteiger partial charge in [0.25, 0.3) is 0 Å². The molecule has 1 aromatic rings. The average Bonchev–Trinajstić information content (AvgIpc) is 2.42. The molecule has 108 valence electrons. The second kappa shape index (κ2) is 6.75. The van der Waals surface area contributed by atoms with Gasteiger partial charge >= 0.3 is 11.9 Å². The van der Waals surface area contributed by atoms with Crippen LogP contribution in [-0.2, 0) is 16.0 Å². The monoisotopic (exact) mass is 278 g/mol. The molecule has 20 heavy (non-hydrogen) atoms. The Bertz CT molecular complexity index is 541. The van der Waals surface area contributed by atoms with E-state index in [0.29, 0.717) is 29.7 Å². The molecule has 0 atom stereocenters. The first kappa shape index (κ1) is 15.8. The highest BCUT2D eigenvalue weighted by Crippen LogP contribution is 2.29. The summed E-state index contributed by atoms with van der Waals surface area (Å²) in [5.74, 6) is -2.19. The number of carboxylic acids is 2. The summed E-state index contributed by atoms with van der Waals surface area (Å²) in [6.45, 7) is 3.66. The molecule has 0 fully saturated rings. The average molecular weight is 278 g/mol. The Morgan fingerprint density at radius 2 is 1.75 bits per heavy atom. The number of allylic oxidation sites excluding steroid dienone is 1. The van der Waals surface area contributed by atoms with Crippen molar-refractivity contribution in [3.8, 4) is 5.75 Å². The summed E-state index contributed by atoms with van der Waals surface area (Å²) in [5, 5.41) is 18.2. The number of carbonyl (C=O) groups is 2. The molecule has 0 aliphatic rings. The molecule has 5 heteroatoms. The van der Waals surface area contributed by atoms with Crippen molar-refractivity contribution in [3.05, 3.63) is 34.9 Å². The van der Waals surface area contributed by atoms with Crippen LogP contribution in [0.2, 0.25) is 0 Å². The summed E-state index contributed by atoms with van der Waals surface area (Å²) in [4.78, 5) is 22.3. The zero-order valence-electron chi connectivity index (χ0n) is 11.8. The number of carboxylic acid groups (broad SMARTS) is 2. The predicted octanol–water partition coefficient (Wildman–Crippen LogP) is 2.59. The fourth-order valence-electron chi connectivity index (χ4n) is 2.14. The zero-order valence-corrected chi connectivity index (χ0v) is 11.8. The minimum Gasteiger partial charge on any atom is -0.497 e. The van der Waals surface area contributed by atoms with E-state index < -0.39 is 17.5 Å².